The van der Waals surface area contributed by atoms with E-state index in [-0.39, 0.29) is 12.5 Å². The molecule has 0 bridgehead atoms. The van der Waals surface area contributed by atoms with Crippen molar-refractivity contribution in [2.24, 2.45) is 0 Å². The van der Waals surface area contributed by atoms with Gasteiger partial charge in [-0.15, -0.1) is 6.42 Å². The van der Waals surface area contributed by atoms with Crippen LogP contribution in [0.2, 0.25) is 0 Å². The van der Waals surface area contributed by atoms with Gasteiger partial charge in [0.15, 0.2) is 0 Å². The number of hydrogen-bond acceptors (Lipinski definition) is 3. The summed E-state index contributed by atoms with van der Waals surface area (Å²) in [6, 6.07) is 9.69. The fraction of sp³-hybridized carbons (Fsp3) is 0.176. The highest BCUT2D eigenvalue weighted by molar-refractivity contribution is 7.99. The molecule has 1 heterocycles. The molecule has 1 amide bonds. The topological polar surface area (TPSA) is 42.0 Å². The van der Waals surface area contributed by atoms with Crippen LogP contribution in [0.15, 0.2) is 46.5 Å². The lowest BCUT2D eigenvalue weighted by Gasteiger charge is -2.08. The molecule has 3 nitrogen and oxygen atoms in total. The smallest absolute Gasteiger partial charge is 0.254 e. The van der Waals surface area contributed by atoms with Crippen molar-refractivity contribution in [2.75, 3.05) is 6.54 Å². The monoisotopic (exact) mass is 296 g/mol. The van der Waals surface area contributed by atoms with Gasteiger partial charge in [-0.1, -0.05) is 23.7 Å². The summed E-state index contributed by atoms with van der Waals surface area (Å²) in [5, 5.41) is 3.34. The zero-order chi connectivity index (χ0) is 15.2. The van der Waals surface area contributed by atoms with Crippen molar-refractivity contribution in [3.63, 3.8) is 0 Å². The van der Waals surface area contributed by atoms with Crippen LogP contribution in [-0.4, -0.2) is 17.4 Å². The molecule has 0 fully saturated rings. The Morgan fingerprint density at radius 2 is 2.14 bits per heavy atom. The van der Waals surface area contributed by atoms with E-state index in [0.29, 0.717) is 10.6 Å². The highest BCUT2D eigenvalue weighted by atomic mass is 32.2. The quantitative estimate of drug-likeness (QED) is 0.881. The van der Waals surface area contributed by atoms with Gasteiger partial charge in [-0.05, 0) is 49.2 Å². The molecule has 1 aromatic carbocycles. The van der Waals surface area contributed by atoms with E-state index >= 15 is 0 Å². The summed E-state index contributed by atoms with van der Waals surface area (Å²) in [4.78, 5) is 17.4. The second kappa shape index (κ2) is 6.96. The van der Waals surface area contributed by atoms with Crippen LogP contribution in [0.3, 0.4) is 0 Å². The Balaban J connectivity index is 2.26. The van der Waals surface area contributed by atoms with Crippen molar-refractivity contribution in [1.82, 2.24) is 10.3 Å². The van der Waals surface area contributed by atoms with E-state index in [1.807, 2.05) is 6.07 Å². The maximum absolute atomic E-state index is 12.1. The molecule has 1 N–H and O–H groups in total. The van der Waals surface area contributed by atoms with Crippen molar-refractivity contribution in [2.45, 2.75) is 23.8 Å². The second-order valence-corrected chi connectivity index (χ2v) is 5.65. The number of benzene rings is 1. The van der Waals surface area contributed by atoms with Crippen LogP contribution in [0.1, 0.15) is 21.5 Å². The lowest BCUT2D eigenvalue weighted by atomic mass is 10.1. The first-order valence-corrected chi connectivity index (χ1v) is 7.35. The highest BCUT2D eigenvalue weighted by Gasteiger charge is 2.12. The summed E-state index contributed by atoms with van der Waals surface area (Å²) in [6.07, 6.45) is 6.84. The van der Waals surface area contributed by atoms with Gasteiger partial charge in [-0.3, -0.25) is 4.79 Å². The van der Waals surface area contributed by atoms with Crippen molar-refractivity contribution >= 4 is 17.7 Å². The number of nitrogens with zero attached hydrogens (tertiary/aromatic N) is 1. The Kier molecular flexibility index (Phi) is 5.02. The molecule has 0 aliphatic carbocycles. The number of aryl methyl sites for hydroxylation is 2. The van der Waals surface area contributed by atoms with Gasteiger partial charge in [0.05, 0.1) is 12.1 Å². The Morgan fingerprint density at radius 3 is 2.86 bits per heavy atom. The number of hydrogen-bond donors (Lipinski definition) is 1. The van der Waals surface area contributed by atoms with E-state index in [1.54, 1.807) is 18.3 Å². The van der Waals surface area contributed by atoms with Crippen LogP contribution >= 0.6 is 11.8 Å². The van der Waals surface area contributed by atoms with Crippen molar-refractivity contribution < 1.29 is 4.79 Å². The number of amides is 1. The average Bonchev–Trinajstić information content (AvgIpc) is 2.49. The van der Waals surface area contributed by atoms with Crippen molar-refractivity contribution in [1.29, 1.82) is 0 Å². The summed E-state index contributed by atoms with van der Waals surface area (Å²) in [6.45, 7) is 4.35. The second-order valence-electron chi connectivity index (χ2n) is 4.59. The zero-order valence-electron chi connectivity index (χ0n) is 12.0. The summed E-state index contributed by atoms with van der Waals surface area (Å²) >= 11 is 1.48. The molecule has 0 spiro atoms. The van der Waals surface area contributed by atoms with Crippen LogP contribution < -0.4 is 5.32 Å². The zero-order valence-corrected chi connectivity index (χ0v) is 12.8. The van der Waals surface area contributed by atoms with Gasteiger partial charge < -0.3 is 5.32 Å². The first-order chi connectivity index (χ1) is 10.1. The molecule has 1 aromatic heterocycles. The SMILES string of the molecule is C#CCNC(=O)c1cccnc1Sc1ccc(C)c(C)c1. The molecule has 0 aliphatic heterocycles. The van der Waals surface area contributed by atoms with Gasteiger partial charge in [-0.2, -0.15) is 0 Å². The van der Waals surface area contributed by atoms with Crippen molar-refractivity contribution in [3.05, 3.63) is 53.2 Å². The van der Waals surface area contributed by atoms with Crippen LogP contribution in [0.5, 0.6) is 0 Å². The maximum Gasteiger partial charge on any atom is 0.254 e. The van der Waals surface area contributed by atoms with Crippen LogP contribution in [0.4, 0.5) is 0 Å². The van der Waals surface area contributed by atoms with Gasteiger partial charge in [0.1, 0.15) is 5.03 Å². The van der Waals surface area contributed by atoms with Crippen molar-refractivity contribution in [3.8, 4) is 12.3 Å². The number of aromatic nitrogens is 1. The molecule has 0 saturated carbocycles. The predicted molar refractivity (Wildman–Crippen MR) is 85.4 cm³/mol. The normalized spacial score (nSPS) is 9.95. The Labute approximate surface area is 129 Å². The van der Waals surface area contributed by atoms with E-state index in [2.05, 4.69) is 42.2 Å². The fourth-order valence-corrected chi connectivity index (χ4v) is 2.74. The molecule has 4 heteroatoms. The van der Waals surface area contributed by atoms with E-state index < -0.39 is 0 Å². The summed E-state index contributed by atoms with van der Waals surface area (Å²) < 4.78 is 0. The Morgan fingerprint density at radius 1 is 1.33 bits per heavy atom. The van der Waals surface area contributed by atoms with Gasteiger partial charge >= 0.3 is 0 Å². The lowest BCUT2D eigenvalue weighted by molar-refractivity contribution is 0.0955. The third kappa shape index (κ3) is 3.87. The highest BCUT2D eigenvalue weighted by Crippen LogP contribution is 2.29. The standard InChI is InChI=1S/C17H16N2OS/c1-4-9-18-16(20)15-6-5-10-19-17(15)21-14-8-7-12(2)13(3)11-14/h1,5-8,10-11H,9H2,2-3H3,(H,18,20). The Bertz CT molecular complexity index is 704. The minimum Gasteiger partial charge on any atom is -0.341 e. The number of carbonyl (C=O) groups is 1. The average molecular weight is 296 g/mol. The van der Waals surface area contributed by atoms with E-state index in [0.717, 1.165) is 4.90 Å². The first-order valence-electron chi connectivity index (χ1n) is 6.53. The van der Waals surface area contributed by atoms with E-state index in [9.17, 15) is 4.79 Å². The number of terminal acetylenes is 1. The molecule has 2 aromatic rings. The number of pyridine rings is 1. The number of rotatable bonds is 4. The summed E-state index contributed by atoms with van der Waals surface area (Å²) in [7, 11) is 0. The van der Waals surface area contributed by atoms with Gasteiger partial charge in [-0.25, -0.2) is 4.98 Å². The summed E-state index contributed by atoms with van der Waals surface area (Å²) in [5.41, 5.74) is 3.00. The summed E-state index contributed by atoms with van der Waals surface area (Å²) in [5.74, 6) is 2.19. The van der Waals surface area contributed by atoms with Gasteiger partial charge in [0.25, 0.3) is 5.91 Å². The Hall–Kier alpha value is -2.25. The third-order valence-electron chi connectivity index (χ3n) is 3.06. The number of nitrogens with one attached hydrogen (secondary N) is 1. The molecule has 21 heavy (non-hydrogen) atoms. The lowest BCUT2D eigenvalue weighted by Crippen LogP contribution is -2.24. The molecule has 0 atom stereocenters. The molecule has 106 valence electrons. The van der Waals surface area contributed by atoms with Gasteiger partial charge in [0.2, 0.25) is 0 Å². The van der Waals surface area contributed by atoms with Gasteiger partial charge in [0, 0.05) is 11.1 Å². The molecule has 2 rings (SSSR count). The minimum atomic E-state index is -0.201. The van der Waals surface area contributed by atoms with E-state index in [4.69, 9.17) is 6.42 Å². The van der Waals surface area contributed by atoms with Crippen LogP contribution in [0, 0.1) is 26.2 Å². The maximum atomic E-state index is 12.1. The first kappa shape index (κ1) is 15.1. The van der Waals surface area contributed by atoms with Crippen LogP contribution in [0.25, 0.3) is 0 Å². The molecule has 0 radical (unpaired) electrons. The molecule has 0 unspecified atom stereocenters. The van der Waals surface area contributed by atoms with E-state index in [1.165, 1.54) is 22.9 Å². The molecule has 0 aliphatic rings. The fourth-order valence-electron chi connectivity index (χ4n) is 1.76. The van der Waals surface area contributed by atoms with Crippen LogP contribution in [-0.2, 0) is 0 Å². The molecular formula is C17H16N2OS. The number of carbonyl (C=O) groups excluding carboxylic acids is 1. The third-order valence-corrected chi connectivity index (χ3v) is 4.07. The predicted octanol–water partition coefficient (Wildman–Crippen LogP) is 3.21. The molecular weight excluding hydrogens is 280 g/mol. The largest absolute Gasteiger partial charge is 0.341 e. The minimum absolute atomic E-state index is 0.201. The molecule has 0 saturated heterocycles.